The number of piperidine rings is 1. The molecular formula is C17H24N2O2. The normalized spacial score (nSPS) is 19.2. The lowest BCUT2D eigenvalue weighted by atomic mass is 10.0. The summed E-state index contributed by atoms with van der Waals surface area (Å²) in [4.78, 5) is 27.6. The lowest BCUT2D eigenvalue weighted by Gasteiger charge is -2.33. The summed E-state index contributed by atoms with van der Waals surface area (Å²) >= 11 is 0. The Balaban J connectivity index is 2.10. The van der Waals surface area contributed by atoms with Gasteiger partial charge in [0.1, 0.15) is 6.29 Å². The summed E-state index contributed by atoms with van der Waals surface area (Å²) in [7, 11) is 0. The second kappa shape index (κ2) is 7.36. The van der Waals surface area contributed by atoms with Crippen molar-refractivity contribution >= 4 is 17.9 Å². The van der Waals surface area contributed by atoms with Gasteiger partial charge in [-0.3, -0.25) is 9.69 Å². The summed E-state index contributed by atoms with van der Waals surface area (Å²) < 4.78 is 0. The Hall–Kier alpha value is -1.68. The first kappa shape index (κ1) is 15.7. The molecule has 1 aliphatic heterocycles. The molecule has 1 amide bonds. The van der Waals surface area contributed by atoms with Crippen molar-refractivity contribution in [3.63, 3.8) is 0 Å². The van der Waals surface area contributed by atoms with Gasteiger partial charge in [-0.25, -0.2) is 0 Å². The molecule has 0 bridgehead atoms. The van der Waals surface area contributed by atoms with Crippen LogP contribution in [-0.2, 0) is 9.59 Å². The van der Waals surface area contributed by atoms with E-state index in [4.69, 9.17) is 0 Å². The van der Waals surface area contributed by atoms with Crippen LogP contribution in [0.15, 0.2) is 24.3 Å². The maximum absolute atomic E-state index is 12.6. The molecule has 1 aromatic carbocycles. The van der Waals surface area contributed by atoms with Crippen molar-refractivity contribution in [3.8, 4) is 0 Å². The summed E-state index contributed by atoms with van der Waals surface area (Å²) in [5, 5.41) is 0. The van der Waals surface area contributed by atoms with Gasteiger partial charge in [0, 0.05) is 12.2 Å². The molecule has 0 aliphatic carbocycles. The van der Waals surface area contributed by atoms with Crippen molar-refractivity contribution in [2.45, 2.75) is 39.2 Å². The van der Waals surface area contributed by atoms with Crippen molar-refractivity contribution < 1.29 is 9.59 Å². The minimum Gasteiger partial charge on any atom is -0.311 e. The van der Waals surface area contributed by atoms with E-state index in [-0.39, 0.29) is 11.9 Å². The fraction of sp³-hybridized carbons (Fsp3) is 0.529. The van der Waals surface area contributed by atoms with Gasteiger partial charge in [0.2, 0.25) is 5.91 Å². The highest BCUT2D eigenvalue weighted by atomic mass is 16.2. The predicted octanol–water partition coefficient (Wildman–Crippen LogP) is 2.40. The molecule has 21 heavy (non-hydrogen) atoms. The maximum atomic E-state index is 12.6. The van der Waals surface area contributed by atoms with Gasteiger partial charge in [-0.1, -0.05) is 24.6 Å². The molecule has 0 spiro atoms. The zero-order valence-electron chi connectivity index (χ0n) is 12.9. The summed E-state index contributed by atoms with van der Waals surface area (Å²) in [5.74, 6) is 0.0700. The quantitative estimate of drug-likeness (QED) is 0.781. The van der Waals surface area contributed by atoms with Gasteiger partial charge >= 0.3 is 0 Å². The van der Waals surface area contributed by atoms with Crippen LogP contribution < -0.4 is 4.90 Å². The van der Waals surface area contributed by atoms with Crippen molar-refractivity contribution in [2.24, 2.45) is 0 Å². The number of carbonyl (C=O) groups excluding carboxylic acids is 2. The van der Waals surface area contributed by atoms with E-state index >= 15 is 0 Å². The van der Waals surface area contributed by atoms with Crippen molar-refractivity contribution in [3.05, 3.63) is 29.8 Å². The monoisotopic (exact) mass is 288 g/mol. The number of carbonyl (C=O) groups is 2. The zero-order chi connectivity index (χ0) is 15.2. The number of hydrogen-bond donors (Lipinski definition) is 0. The Labute approximate surface area is 126 Å². The van der Waals surface area contributed by atoms with E-state index in [1.807, 2.05) is 47.9 Å². The summed E-state index contributed by atoms with van der Waals surface area (Å²) in [6.45, 7) is 5.80. The Morgan fingerprint density at radius 1 is 1.38 bits per heavy atom. The molecule has 1 aliphatic rings. The summed E-state index contributed by atoms with van der Waals surface area (Å²) in [6, 6.07) is 7.82. The molecule has 4 heteroatoms. The number of amides is 1. The minimum absolute atomic E-state index is 0.0700. The summed E-state index contributed by atoms with van der Waals surface area (Å²) in [6.07, 6.45) is 3.99. The van der Waals surface area contributed by atoms with E-state index in [0.717, 1.165) is 43.3 Å². The third kappa shape index (κ3) is 3.70. The van der Waals surface area contributed by atoms with E-state index in [2.05, 4.69) is 0 Å². The molecule has 0 radical (unpaired) electrons. The second-order valence-electron chi connectivity index (χ2n) is 5.59. The van der Waals surface area contributed by atoms with E-state index in [0.29, 0.717) is 13.1 Å². The molecule has 1 atom stereocenters. The van der Waals surface area contributed by atoms with Crippen LogP contribution in [0.5, 0.6) is 0 Å². The van der Waals surface area contributed by atoms with Crippen LogP contribution in [0.2, 0.25) is 0 Å². The second-order valence-corrected chi connectivity index (χ2v) is 5.59. The number of hydrogen-bond acceptors (Lipinski definition) is 3. The fourth-order valence-electron chi connectivity index (χ4n) is 2.97. The standard InChI is InChI=1S/C17H24N2O2/c1-3-19(16-10-5-4-8-14(16)2)17(21)12-18-11-7-6-9-15(18)13-20/h4-5,8,10,13,15H,3,6-7,9,11-12H2,1-2H3. The number of likely N-dealkylation sites (N-methyl/N-ethyl adjacent to an activating group) is 1. The van der Waals surface area contributed by atoms with Gasteiger partial charge in [0.25, 0.3) is 0 Å². The number of rotatable bonds is 5. The van der Waals surface area contributed by atoms with E-state index < -0.39 is 0 Å². The molecule has 1 fully saturated rings. The number of likely N-dealkylation sites (tertiary alicyclic amines) is 1. The molecule has 2 rings (SSSR count). The molecule has 1 heterocycles. The van der Waals surface area contributed by atoms with Gasteiger partial charge in [0.15, 0.2) is 0 Å². The number of anilines is 1. The first-order valence-corrected chi connectivity index (χ1v) is 7.72. The Morgan fingerprint density at radius 3 is 2.81 bits per heavy atom. The number of benzene rings is 1. The first-order chi connectivity index (χ1) is 10.2. The van der Waals surface area contributed by atoms with Crippen molar-refractivity contribution in [2.75, 3.05) is 24.5 Å². The van der Waals surface area contributed by atoms with Gasteiger partial charge in [-0.05, 0) is 44.9 Å². The summed E-state index contributed by atoms with van der Waals surface area (Å²) in [5.41, 5.74) is 2.06. The SMILES string of the molecule is CCN(C(=O)CN1CCCCC1C=O)c1ccccc1C. The van der Waals surface area contributed by atoms with Crippen molar-refractivity contribution in [1.29, 1.82) is 0 Å². The highest BCUT2D eigenvalue weighted by Crippen LogP contribution is 2.21. The molecule has 1 aromatic rings. The molecule has 1 unspecified atom stereocenters. The zero-order valence-corrected chi connectivity index (χ0v) is 12.9. The average molecular weight is 288 g/mol. The smallest absolute Gasteiger partial charge is 0.241 e. The Morgan fingerprint density at radius 2 is 2.14 bits per heavy atom. The van der Waals surface area contributed by atoms with Crippen LogP contribution in [0.25, 0.3) is 0 Å². The molecule has 1 saturated heterocycles. The molecule has 0 saturated carbocycles. The van der Waals surface area contributed by atoms with Crippen molar-refractivity contribution in [1.82, 2.24) is 4.90 Å². The number of para-hydroxylation sites is 1. The third-order valence-corrected chi connectivity index (χ3v) is 4.18. The molecular weight excluding hydrogens is 264 g/mol. The predicted molar refractivity (Wildman–Crippen MR) is 84.5 cm³/mol. The lowest BCUT2D eigenvalue weighted by Crippen LogP contribution is -2.47. The number of nitrogens with zero attached hydrogens (tertiary/aromatic N) is 2. The van der Waals surface area contributed by atoms with Crippen LogP contribution in [0.3, 0.4) is 0 Å². The third-order valence-electron chi connectivity index (χ3n) is 4.18. The first-order valence-electron chi connectivity index (χ1n) is 7.72. The fourth-order valence-corrected chi connectivity index (χ4v) is 2.97. The molecule has 0 N–H and O–H groups in total. The number of aryl methyl sites for hydroxylation is 1. The van der Waals surface area contributed by atoms with E-state index in [1.165, 1.54) is 0 Å². The largest absolute Gasteiger partial charge is 0.311 e. The highest BCUT2D eigenvalue weighted by Gasteiger charge is 2.26. The van der Waals surface area contributed by atoms with Gasteiger partial charge < -0.3 is 9.69 Å². The van der Waals surface area contributed by atoms with Crippen LogP contribution in [0.1, 0.15) is 31.7 Å². The minimum atomic E-state index is -0.0988. The van der Waals surface area contributed by atoms with Gasteiger partial charge in [0.05, 0.1) is 12.6 Å². The highest BCUT2D eigenvalue weighted by molar-refractivity contribution is 5.95. The van der Waals surface area contributed by atoms with E-state index in [1.54, 1.807) is 0 Å². The average Bonchev–Trinajstić information content (AvgIpc) is 2.50. The Kier molecular flexibility index (Phi) is 5.51. The lowest BCUT2D eigenvalue weighted by molar-refractivity contribution is -0.122. The van der Waals surface area contributed by atoms with Crippen LogP contribution >= 0.6 is 0 Å². The Bertz CT molecular complexity index is 501. The molecule has 4 nitrogen and oxygen atoms in total. The molecule has 114 valence electrons. The maximum Gasteiger partial charge on any atom is 0.241 e. The van der Waals surface area contributed by atoms with Crippen LogP contribution in [-0.4, -0.2) is 42.8 Å². The van der Waals surface area contributed by atoms with Gasteiger partial charge in [-0.15, -0.1) is 0 Å². The molecule has 0 aromatic heterocycles. The van der Waals surface area contributed by atoms with Crippen LogP contribution in [0, 0.1) is 6.92 Å². The topological polar surface area (TPSA) is 40.6 Å². The van der Waals surface area contributed by atoms with E-state index in [9.17, 15) is 9.59 Å². The van der Waals surface area contributed by atoms with Gasteiger partial charge in [-0.2, -0.15) is 0 Å². The van der Waals surface area contributed by atoms with Crippen LogP contribution in [0.4, 0.5) is 5.69 Å². The number of aldehydes is 1.